The highest BCUT2D eigenvalue weighted by Gasteiger charge is 1.90. The maximum atomic E-state index is 5.14. The van der Waals surface area contributed by atoms with Gasteiger partial charge in [-0.25, -0.2) is 0 Å². The molecular weight excluding hydrogens is 234 g/mol. The quantitative estimate of drug-likeness (QED) is 0.418. The molecule has 0 saturated heterocycles. The van der Waals surface area contributed by atoms with E-state index in [0.29, 0.717) is 13.6 Å². The van der Waals surface area contributed by atoms with Gasteiger partial charge in [0.15, 0.2) is 0 Å². The van der Waals surface area contributed by atoms with E-state index in [1.54, 1.807) is 14.2 Å². The van der Waals surface area contributed by atoms with E-state index in [0.717, 1.165) is 39.1 Å². The molecule has 0 aromatic heterocycles. The molecule has 0 spiro atoms. The SMILES string of the molecule is COCOCCCNCCCOCOC.Cl. The lowest BCUT2D eigenvalue weighted by Crippen LogP contribution is -2.19. The lowest BCUT2D eigenvalue weighted by atomic mass is 10.4. The monoisotopic (exact) mass is 257 g/mol. The second-order valence-corrected chi connectivity index (χ2v) is 3.09. The Labute approximate surface area is 104 Å². The Balaban J connectivity index is 0. The fourth-order valence-corrected chi connectivity index (χ4v) is 1.01. The number of hydrogen-bond donors (Lipinski definition) is 1. The highest BCUT2D eigenvalue weighted by atomic mass is 35.5. The minimum atomic E-state index is 0. The van der Waals surface area contributed by atoms with Crippen LogP contribution in [0, 0.1) is 0 Å². The van der Waals surface area contributed by atoms with Crippen molar-refractivity contribution in [1.29, 1.82) is 0 Å². The molecule has 0 aromatic rings. The summed E-state index contributed by atoms with van der Waals surface area (Å²) < 4.78 is 19.8. The largest absolute Gasteiger partial charge is 0.359 e. The first-order valence-corrected chi connectivity index (χ1v) is 5.26. The molecule has 0 heterocycles. The van der Waals surface area contributed by atoms with Crippen molar-refractivity contribution in [3.8, 4) is 0 Å². The van der Waals surface area contributed by atoms with Crippen LogP contribution < -0.4 is 5.32 Å². The first-order valence-electron chi connectivity index (χ1n) is 5.26. The van der Waals surface area contributed by atoms with E-state index in [1.165, 1.54) is 0 Å². The van der Waals surface area contributed by atoms with Gasteiger partial charge in [0.25, 0.3) is 0 Å². The van der Waals surface area contributed by atoms with Crippen LogP contribution in [0.4, 0.5) is 0 Å². The van der Waals surface area contributed by atoms with Gasteiger partial charge < -0.3 is 24.3 Å². The molecule has 0 bridgehead atoms. The number of halogens is 1. The van der Waals surface area contributed by atoms with E-state index in [1.807, 2.05) is 0 Å². The highest BCUT2D eigenvalue weighted by molar-refractivity contribution is 5.85. The van der Waals surface area contributed by atoms with Crippen molar-refractivity contribution in [3.63, 3.8) is 0 Å². The maximum absolute atomic E-state index is 5.14. The normalized spacial score (nSPS) is 10.1. The Morgan fingerprint density at radius 2 is 1.25 bits per heavy atom. The Morgan fingerprint density at radius 3 is 1.62 bits per heavy atom. The summed E-state index contributed by atoms with van der Waals surface area (Å²) in [6, 6.07) is 0. The van der Waals surface area contributed by atoms with Crippen molar-refractivity contribution in [1.82, 2.24) is 5.32 Å². The predicted molar refractivity (Wildman–Crippen MR) is 65.0 cm³/mol. The molecule has 5 nitrogen and oxygen atoms in total. The predicted octanol–water partition coefficient (Wildman–Crippen LogP) is 1.02. The van der Waals surface area contributed by atoms with Gasteiger partial charge in [-0.3, -0.25) is 0 Å². The molecule has 0 rings (SSSR count). The van der Waals surface area contributed by atoms with Gasteiger partial charge in [0.2, 0.25) is 0 Å². The third kappa shape index (κ3) is 16.5. The number of nitrogens with one attached hydrogen (secondary N) is 1. The van der Waals surface area contributed by atoms with Crippen LogP contribution in [0.5, 0.6) is 0 Å². The van der Waals surface area contributed by atoms with Crippen LogP contribution in [0.2, 0.25) is 0 Å². The molecule has 0 unspecified atom stereocenters. The summed E-state index contributed by atoms with van der Waals surface area (Å²) in [6.07, 6.45) is 2.00. The molecule has 0 aromatic carbocycles. The van der Waals surface area contributed by atoms with Gasteiger partial charge in [-0.1, -0.05) is 0 Å². The van der Waals surface area contributed by atoms with E-state index in [-0.39, 0.29) is 12.4 Å². The minimum Gasteiger partial charge on any atom is -0.359 e. The summed E-state index contributed by atoms with van der Waals surface area (Å²) in [6.45, 7) is 4.17. The molecule has 0 radical (unpaired) electrons. The first-order chi connectivity index (χ1) is 7.41. The number of methoxy groups -OCH3 is 2. The van der Waals surface area contributed by atoms with Gasteiger partial charge in [0.05, 0.1) is 13.2 Å². The Hall–Kier alpha value is 0.0900. The zero-order chi connectivity index (χ0) is 11.2. The van der Waals surface area contributed by atoms with Gasteiger partial charge in [0.1, 0.15) is 13.6 Å². The van der Waals surface area contributed by atoms with Gasteiger partial charge in [-0.05, 0) is 25.9 Å². The molecule has 0 saturated carbocycles. The summed E-state index contributed by atoms with van der Waals surface area (Å²) >= 11 is 0. The van der Waals surface area contributed by atoms with Gasteiger partial charge in [-0.2, -0.15) is 0 Å². The van der Waals surface area contributed by atoms with Crippen LogP contribution in [0.1, 0.15) is 12.8 Å². The average molecular weight is 258 g/mol. The molecular formula is C10H24ClNO4. The van der Waals surface area contributed by atoms with Crippen LogP contribution >= 0.6 is 12.4 Å². The Bertz CT molecular complexity index is 107. The smallest absolute Gasteiger partial charge is 0.146 e. The average Bonchev–Trinajstić information content (AvgIpc) is 2.26. The summed E-state index contributed by atoms with van der Waals surface area (Å²) in [7, 11) is 3.25. The third-order valence-electron chi connectivity index (χ3n) is 1.69. The van der Waals surface area contributed by atoms with Crippen molar-refractivity contribution in [2.45, 2.75) is 12.8 Å². The van der Waals surface area contributed by atoms with Crippen molar-refractivity contribution >= 4 is 12.4 Å². The molecule has 0 aliphatic carbocycles. The van der Waals surface area contributed by atoms with Gasteiger partial charge >= 0.3 is 0 Å². The minimum absolute atomic E-state index is 0. The summed E-state index contributed by atoms with van der Waals surface area (Å²) in [4.78, 5) is 0. The van der Waals surface area contributed by atoms with Gasteiger partial charge in [0, 0.05) is 14.2 Å². The van der Waals surface area contributed by atoms with E-state index in [9.17, 15) is 0 Å². The van der Waals surface area contributed by atoms with Crippen LogP contribution in [-0.2, 0) is 18.9 Å². The van der Waals surface area contributed by atoms with E-state index >= 15 is 0 Å². The highest BCUT2D eigenvalue weighted by Crippen LogP contribution is 1.83. The fraction of sp³-hybridized carbons (Fsp3) is 1.00. The maximum Gasteiger partial charge on any atom is 0.146 e. The van der Waals surface area contributed by atoms with Crippen LogP contribution in [0.15, 0.2) is 0 Å². The number of rotatable bonds is 12. The standard InChI is InChI=1S/C10H23NO4.ClH/c1-12-9-14-7-3-5-11-6-4-8-15-10-13-2;/h11H,3-10H2,1-2H3;1H. The lowest BCUT2D eigenvalue weighted by Gasteiger charge is -2.05. The Kier molecular flexibility index (Phi) is 20.2. The zero-order valence-corrected chi connectivity index (χ0v) is 11.0. The van der Waals surface area contributed by atoms with Crippen molar-refractivity contribution in [2.75, 3.05) is 54.1 Å². The van der Waals surface area contributed by atoms with Crippen LogP contribution in [-0.4, -0.2) is 54.1 Å². The van der Waals surface area contributed by atoms with Crippen LogP contribution in [0.3, 0.4) is 0 Å². The topological polar surface area (TPSA) is 49.0 Å². The summed E-state index contributed by atoms with van der Waals surface area (Å²) in [5, 5.41) is 3.30. The molecule has 0 atom stereocenters. The van der Waals surface area contributed by atoms with Gasteiger partial charge in [-0.15, -0.1) is 12.4 Å². The van der Waals surface area contributed by atoms with Crippen molar-refractivity contribution < 1.29 is 18.9 Å². The Morgan fingerprint density at radius 1 is 0.812 bits per heavy atom. The van der Waals surface area contributed by atoms with E-state index in [2.05, 4.69) is 5.32 Å². The zero-order valence-electron chi connectivity index (χ0n) is 10.2. The number of hydrogen-bond acceptors (Lipinski definition) is 5. The first kappa shape index (κ1) is 18.5. The van der Waals surface area contributed by atoms with Crippen molar-refractivity contribution in [3.05, 3.63) is 0 Å². The van der Waals surface area contributed by atoms with E-state index in [4.69, 9.17) is 18.9 Å². The van der Waals surface area contributed by atoms with Crippen molar-refractivity contribution in [2.24, 2.45) is 0 Å². The summed E-state index contributed by atoms with van der Waals surface area (Å²) in [5.74, 6) is 0. The summed E-state index contributed by atoms with van der Waals surface area (Å²) in [5.41, 5.74) is 0. The molecule has 6 heteroatoms. The van der Waals surface area contributed by atoms with Crippen LogP contribution in [0.25, 0.3) is 0 Å². The molecule has 0 amide bonds. The lowest BCUT2D eigenvalue weighted by molar-refractivity contribution is -0.0322. The third-order valence-corrected chi connectivity index (χ3v) is 1.69. The van der Waals surface area contributed by atoms with E-state index < -0.39 is 0 Å². The molecule has 0 aliphatic rings. The number of ether oxygens (including phenoxy) is 4. The molecule has 100 valence electrons. The molecule has 1 N–H and O–H groups in total. The second-order valence-electron chi connectivity index (χ2n) is 3.09. The molecule has 0 aliphatic heterocycles. The molecule has 16 heavy (non-hydrogen) atoms. The molecule has 0 fully saturated rings. The second kappa shape index (κ2) is 17.5. The fourth-order valence-electron chi connectivity index (χ4n) is 1.01.